The molecule has 4 rings (SSSR count). The van der Waals surface area contributed by atoms with Gasteiger partial charge in [0.15, 0.2) is 10.8 Å². The van der Waals surface area contributed by atoms with E-state index in [1.54, 1.807) is 10.7 Å². The van der Waals surface area contributed by atoms with Crippen LogP contribution in [0.1, 0.15) is 11.1 Å². The van der Waals surface area contributed by atoms with Crippen LogP contribution in [0.15, 0.2) is 18.3 Å². The van der Waals surface area contributed by atoms with Gasteiger partial charge in [0.25, 0.3) is 0 Å². The molecule has 1 aliphatic heterocycles. The maximum absolute atomic E-state index is 13.9. The summed E-state index contributed by atoms with van der Waals surface area (Å²) in [5, 5.41) is 18.6. The molecule has 3 aromatic rings. The number of rotatable bonds is 3. The van der Waals surface area contributed by atoms with Gasteiger partial charge >= 0.3 is 0 Å². The number of aryl methyl sites for hydroxylation is 2. The second kappa shape index (κ2) is 5.96. The van der Waals surface area contributed by atoms with Crippen LogP contribution < -0.4 is 5.32 Å². The molecule has 1 saturated heterocycles. The van der Waals surface area contributed by atoms with Gasteiger partial charge < -0.3 is 15.3 Å². The topological polar surface area (TPSA) is 66.2 Å². The monoisotopic (exact) mass is 361 g/mol. The molecule has 132 valence electrons. The first-order chi connectivity index (χ1) is 11.9. The van der Waals surface area contributed by atoms with Gasteiger partial charge in [-0.1, -0.05) is 17.4 Å². The van der Waals surface area contributed by atoms with Crippen molar-refractivity contribution in [1.29, 1.82) is 0 Å². The van der Waals surface area contributed by atoms with E-state index in [-0.39, 0.29) is 11.8 Å². The predicted molar refractivity (Wildman–Crippen MR) is 97.7 cm³/mol. The number of nitrogens with zero attached hydrogens (tertiary/aromatic N) is 4. The van der Waals surface area contributed by atoms with Crippen molar-refractivity contribution in [2.75, 3.05) is 25.5 Å². The number of hydrogen-bond donors (Lipinski definition) is 2. The molecule has 6 nitrogen and oxygen atoms in total. The van der Waals surface area contributed by atoms with Crippen LogP contribution in [0.5, 0.6) is 5.75 Å². The third kappa shape index (κ3) is 2.96. The molecule has 0 amide bonds. The summed E-state index contributed by atoms with van der Waals surface area (Å²) in [5.41, 5.74) is 3.19. The molecule has 2 aromatic heterocycles. The summed E-state index contributed by atoms with van der Waals surface area (Å²) in [7, 11) is 1.91. The summed E-state index contributed by atoms with van der Waals surface area (Å²) in [5.74, 6) is 0.195. The Balaban J connectivity index is 1.62. The van der Waals surface area contributed by atoms with Gasteiger partial charge in [-0.2, -0.15) is 4.98 Å². The highest BCUT2D eigenvalue weighted by atomic mass is 32.1. The van der Waals surface area contributed by atoms with E-state index in [0.717, 1.165) is 15.8 Å². The van der Waals surface area contributed by atoms with Gasteiger partial charge in [-0.05, 0) is 38.1 Å². The van der Waals surface area contributed by atoms with E-state index in [4.69, 9.17) is 0 Å². The highest BCUT2D eigenvalue weighted by molar-refractivity contribution is 7.22. The summed E-state index contributed by atoms with van der Waals surface area (Å²) >= 11 is 1.45. The number of likely N-dealkylation sites (tertiary alicyclic amines) is 1. The van der Waals surface area contributed by atoms with Gasteiger partial charge in [-0.3, -0.25) is 0 Å². The van der Waals surface area contributed by atoms with E-state index < -0.39 is 6.17 Å². The zero-order chi connectivity index (χ0) is 17.7. The van der Waals surface area contributed by atoms with Crippen LogP contribution >= 0.6 is 11.3 Å². The molecule has 1 aliphatic rings. The Hall–Kier alpha value is -2.19. The Morgan fingerprint density at radius 3 is 2.76 bits per heavy atom. The van der Waals surface area contributed by atoms with E-state index in [2.05, 4.69) is 15.4 Å². The number of nitrogens with one attached hydrogen (secondary N) is 1. The van der Waals surface area contributed by atoms with Gasteiger partial charge in [0, 0.05) is 13.1 Å². The molecule has 0 unspecified atom stereocenters. The zero-order valence-corrected chi connectivity index (χ0v) is 15.1. The number of phenols is 1. The summed E-state index contributed by atoms with van der Waals surface area (Å²) in [6, 6.07) is 3.48. The summed E-state index contributed by atoms with van der Waals surface area (Å²) < 4.78 is 16.5. The molecule has 2 N–H and O–H groups in total. The van der Waals surface area contributed by atoms with Gasteiger partial charge in [-0.25, -0.2) is 9.07 Å². The second-order valence-corrected chi connectivity index (χ2v) is 7.75. The number of anilines is 1. The maximum atomic E-state index is 13.9. The van der Waals surface area contributed by atoms with Crippen LogP contribution in [0.3, 0.4) is 0 Å². The molecule has 2 atom stereocenters. The molecule has 0 bridgehead atoms. The van der Waals surface area contributed by atoms with Crippen molar-refractivity contribution >= 4 is 26.8 Å². The minimum Gasteiger partial charge on any atom is -0.506 e. The Morgan fingerprint density at radius 2 is 2.12 bits per heavy atom. The zero-order valence-electron chi connectivity index (χ0n) is 14.3. The quantitative estimate of drug-likeness (QED) is 0.751. The van der Waals surface area contributed by atoms with Crippen molar-refractivity contribution < 1.29 is 9.50 Å². The molecule has 1 aromatic carbocycles. The number of aromatic nitrogens is 3. The summed E-state index contributed by atoms with van der Waals surface area (Å²) in [4.78, 5) is 6.43. The largest absolute Gasteiger partial charge is 0.506 e. The average Bonchev–Trinajstić information content (AvgIpc) is 3.12. The summed E-state index contributed by atoms with van der Waals surface area (Å²) in [6.45, 7) is 4.99. The van der Waals surface area contributed by atoms with E-state index >= 15 is 0 Å². The number of fused-ring (bicyclic) bond motifs is 1. The van der Waals surface area contributed by atoms with Crippen molar-refractivity contribution in [3.8, 4) is 11.4 Å². The van der Waals surface area contributed by atoms with Crippen molar-refractivity contribution in [1.82, 2.24) is 19.7 Å². The third-order valence-corrected chi connectivity index (χ3v) is 5.38. The number of likely N-dealkylation sites (N-methyl/N-ethyl adjacent to an activating group) is 1. The van der Waals surface area contributed by atoms with Crippen molar-refractivity contribution in [2.45, 2.75) is 26.1 Å². The predicted octanol–water partition coefficient (Wildman–Crippen LogP) is 2.87. The van der Waals surface area contributed by atoms with Gasteiger partial charge in [0.05, 0.1) is 16.9 Å². The number of alkyl halides is 1. The van der Waals surface area contributed by atoms with Crippen LogP contribution in [0.25, 0.3) is 16.0 Å². The van der Waals surface area contributed by atoms with Crippen LogP contribution in [-0.2, 0) is 0 Å². The minimum atomic E-state index is -0.895. The molecule has 25 heavy (non-hydrogen) atoms. The Morgan fingerprint density at radius 1 is 1.32 bits per heavy atom. The van der Waals surface area contributed by atoms with Crippen molar-refractivity contribution in [2.24, 2.45) is 0 Å². The number of halogens is 1. The fourth-order valence-electron chi connectivity index (χ4n) is 3.38. The lowest BCUT2D eigenvalue weighted by atomic mass is 10.1. The number of phenolic OH excluding ortho intramolecular Hbond substituents is 1. The SMILES string of the molecule is Cc1cc(C)c(-n2cc3sc(N[C@H]4CN(C)C[C@@H]4F)nc3n2)c(O)c1. The molecule has 0 saturated carbocycles. The molecule has 0 radical (unpaired) electrons. The lowest BCUT2D eigenvalue weighted by Gasteiger charge is -2.12. The highest BCUT2D eigenvalue weighted by Crippen LogP contribution is 2.31. The van der Waals surface area contributed by atoms with E-state index in [0.29, 0.717) is 29.6 Å². The minimum absolute atomic E-state index is 0.195. The third-order valence-electron chi connectivity index (χ3n) is 4.47. The van der Waals surface area contributed by atoms with E-state index in [1.807, 2.05) is 38.1 Å². The van der Waals surface area contributed by atoms with Crippen LogP contribution in [0.4, 0.5) is 9.52 Å². The smallest absolute Gasteiger partial charge is 0.194 e. The van der Waals surface area contributed by atoms with Gasteiger partial charge in [-0.15, -0.1) is 5.10 Å². The number of thiazole rings is 1. The standard InChI is InChI=1S/C17H20FN5OS/c1-9-4-10(2)15(13(24)5-9)23-8-14-16(21-23)20-17(25-14)19-12-7-22(3)6-11(12)18/h4-5,8,11-12,24H,6-7H2,1-3H3,(H,19,20,21)/t11-,12-/m0/s1. The molecule has 0 spiro atoms. The van der Waals surface area contributed by atoms with Crippen LogP contribution in [0, 0.1) is 13.8 Å². The Bertz CT molecular complexity index is 882. The molecule has 8 heteroatoms. The molecule has 0 aliphatic carbocycles. The van der Waals surface area contributed by atoms with Crippen LogP contribution in [0.2, 0.25) is 0 Å². The van der Waals surface area contributed by atoms with Gasteiger partial charge in [0.1, 0.15) is 17.6 Å². The maximum Gasteiger partial charge on any atom is 0.194 e. The number of aromatic hydroxyl groups is 1. The first-order valence-corrected chi connectivity index (χ1v) is 8.98. The second-order valence-electron chi connectivity index (χ2n) is 6.72. The lowest BCUT2D eigenvalue weighted by molar-refractivity contribution is 0.314. The van der Waals surface area contributed by atoms with E-state index in [1.165, 1.54) is 11.3 Å². The Labute approximate surface area is 148 Å². The lowest BCUT2D eigenvalue weighted by Crippen LogP contribution is -2.29. The van der Waals surface area contributed by atoms with Crippen molar-refractivity contribution in [3.63, 3.8) is 0 Å². The van der Waals surface area contributed by atoms with Crippen LogP contribution in [-0.4, -0.2) is 57.1 Å². The van der Waals surface area contributed by atoms with Crippen molar-refractivity contribution in [3.05, 3.63) is 29.5 Å². The fourth-order valence-corrected chi connectivity index (χ4v) is 4.26. The highest BCUT2D eigenvalue weighted by Gasteiger charge is 2.31. The normalized spacial score (nSPS) is 21.3. The van der Waals surface area contributed by atoms with E-state index in [9.17, 15) is 9.50 Å². The molecular formula is C17H20FN5OS. The number of benzene rings is 1. The van der Waals surface area contributed by atoms with Gasteiger partial charge in [0.2, 0.25) is 0 Å². The first-order valence-electron chi connectivity index (χ1n) is 8.16. The molecule has 3 heterocycles. The molecular weight excluding hydrogens is 341 g/mol. The first kappa shape index (κ1) is 16.3. The molecule has 1 fully saturated rings. The average molecular weight is 361 g/mol. The summed E-state index contributed by atoms with van der Waals surface area (Å²) in [6.07, 6.45) is 0.955. The number of hydrogen-bond acceptors (Lipinski definition) is 6. The Kier molecular flexibility index (Phi) is 3.88. The fraction of sp³-hybridized carbons (Fsp3) is 0.412.